The summed E-state index contributed by atoms with van der Waals surface area (Å²) >= 11 is 9.24. The van der Waals surface area contributed by atoms with Crippen LogP contribution in [0.1, 0.15) is 12.5 Å². The number of aromatic nitrogens is 1. The van der Waals surface area contributed by atoms with Crippen LogP contribution >= 0.6 is 35.1 Å². The van der Waals surface area contributed by atoms with Crippen LogP contribution in [0.5, 0.6) is 0 Å². The zero-order valence-corrected chi connectivity index (χ0v) is 13.3. The predicted octanol–water partition coefficient (Wildman–Crippen LogP) is 4.28. The molecule has 1 aromatic heterocycles. The van der Waals surface area contributed by atoms with Gasteiger partial charge in [-0.1, -0.05) is 36.4 Å². The second-order valence-corrected chi connectivity index (χ2v) is 6.61. The normalized spacial score (nSPS) is 10.5. The van der Waals surface area contributed by atoms with Crippen LogP contribution in [0.2, 0.25) is 5.02 Å². The summed E-state index contributed by atoms with van der Waals surface area (Å²) in [5.41, 5.74) is 6.50. The number of nitrogen functional groups attached to an aromatic ring is 1. The number of amidine groups is 1. The monoisotopic (exact) mass is 323 g/mol. The van der Waals surface area contributed by atoms with E-state index in [0.717, 1.165) is 26.1 Å². The quantitative estimate of drug-likeness (QED) is 0.489. The third kappa shape index (κ3) is 3.48. The number of pyridine rings is 1. The number of thioether (sulfide) groups is 1. The average Bonchev–Trinajstić information content (AvgIpc) is 2.41. The maximum atomic E-state index is 7.81. The third-order valence-electron chi connectivity index (χ3n) is 2.49. The molecule has 0 spiro atoms. The Balaban J connectivity index is 2.44. The molecule has 2 rings (SSSR count). The van der Waals surface area contributed by atoms with E-state index in [2.05, 4.69) is 11.9 Å². The molecule has 0 aliphatic rings. The minimum Gasteiger partial charge on any atom is -0.384 e. The SMILES string of the molecule is CCSc1cccc(Sc2ncccc2Cl)c1C(=N)N. The first kappa shape index (κ1) is 15.2. The van der Waals surface area contributed by atoms with Crippen molar-refractivity contribution in [1.29, 1.82) is 5.41 Å². The Morgan fingerprint density at radius 1 is 1.30 bits per heavy atom. The number of benzene rings is 1. The molecule has 6 heteroatoms. The summed E-state index contributed by atoms with van der Waals surface area (Å²) in [6.45, 7) is 2.07. The number of nitrogens with zero attached hydrogens (tertiary/aromatic N) is 1. The lowest BCUT2D eigenvalue weighted by Gasteiger charge is -2.12. The van der Waals surface area contributed by atoms with Crippen LogP contribution in [0.15, 0.2) is 51.3 Å². The van der Waals surface area contributed by atoms with E-state index in [9.17, 15) is 0 Å². The largest absolute Gasteiger partial charge is 0.384 e. The van der Waals surface area contributed by atoms with Crippen molar-refractivity contribution >= 4 is 41.0 Å². The van der Waals surface area contributed by atoms with E-state index >= 15 is 0 Å². The van der Waals surface area contributed by atoms with Gasteiger partial charge in [0.05, 0.1) is 5.02 Å². The van der Waals surface area contributed by atoms with Crippen molar-refractivity contribution < 1.29 is 0 Å². The molecule has 0 aliphatic heterocycles. The molecular formula is C14H14ClN3S2. The highest BCUT2D eigenvalue weighted by atomic mass is 35.5. The van der Waals surface area contributed by atoms with Gasteiger partial charge in [-0.3, -0.25) is 5.41 Å². The van der Waals surface area contributed by atoms with Crippen LogP contribution in [0.4, 0.5) is 0 Å². The number of halogens is 1. The lowest BCUT2D eigenvalue weighted by molar-refractivity contribution is 1.13. The summed E-state index contributed by atoms with van der Waals surface area (Å²) in [5, 5.41) is 9.13. The van der Waals surface area contributed by atoms with Crippen molar-refractivity contribution in [3.05, 3.63) is 47.1 Å². The van der Waals surface area contributed by atoms with Gasteiger partial charge in [-0.2, -0.15) is 0 Å². The van der Waals surface area contributed by atoms with Crippen molar-refractivity contribution in [3.63, 3.8) is 0 Å². The molecule has 3 N–H and O–H groups in total. The molecule has 0 unspecified atom stereocenters. The third-order valence-corrected chi connectivity index (χ3v) is 4.92. The summed E-state index contributed by atoms with van der Waals surface area (Å²) < 4.78 is 0. The van der Waals surface area contributed by atoms with Gasteiger partial charge in [0.1, 0.15) is 10.9 Å². The van der Waals surface area contributed by atoms with Crippen LogP contribution < -0.4 is 5.73 Å². The first-order valence-corrected chi connectivity index (χ1v) is 8.20. The average molecular weight is 324 g/mol. The maximum absolute atomic E-state index is 7.81. The minimum atomic E-state index is 0.0658. The Bertz CT molecular complexity index is 632. The number of nitrogens with one attached hydrogen (secondary N) is 1. The van der Waals surface area contributed by atoms with Crippen molar-refractivity contribution in [2.45, 2.75) is 21.7 Å². The summed E-state index contributed by atoms with van der Waals surface area (Å²) in [4.78, 5) is 6.17. The lowest BCUT2D eigenvalue weighted by Crippen LogP contribution is -2.13. The first-order valence-electron chi connectivity index (χ1n) is 6.02. The molecule has 20 heavy (non-hydrogen) atoms. The molecule has 0 aliphatic carbocycles. The zero-order chi connectivity index (χ0) is 14.5. The molecule has 0 amide bonds. The van der Waals surface area contributed by atoms with Crippen LogP contribution in [-0.4, -0.2) is 16.6 Å². The minimum absolute atomic E-state index is 0.0658. The van der Waals surface area contributed by atoms with Crippen LogP contribution in [-0.2, 0) is 0 Å². The second-order valence-electron chi connectivity index (χ2n) is 3.87. The smallest absolute Gasteiger partial charge is 0.125 e. The van der Waals surface area contributed by atoms with E-state index in [0.29, 0.717) is 5.02 Å². The van der Waals surface area contributed by atoms with Crippen LogP contribution in [0.3, 0.4) is 0 Å². The van der Waals surface area contributed by atoms with E-state index in [1.165, 1.54) is 11.8 Å². The first-order chi connectivity index (χ1) is 9.63. The second kappa shape index (κ2) is 7.02. The van der Waals surface area contributed by atoms with Gasteiger partial charge in [0, 0.05) is 21.6 Å². The fourth-order valence-electron chi connectivity index (χ4n) is 1.69. The van der Waals surface area contributed by atoms with Gasteiger partial charge >= 0.3 is 0 Å². The maximum Gasteiger partial charge on any atom is 0.125 e. The van der Waals surface area contributed by atoms with Crippen molar-refractivity contribution in [2.75, 3.05) is 5.75 Å². The molecule has 1 aromatic carbocycles. The van der Waals surface area contributed by atoms with Crippen LogP contribution in [0.25, 0.3) is 0 Å². The molecular weight excluding hydrogens is 310 g/mol. The fourth-order valence-corrected chi connectivity index (χ4v) is 3.80. The number of nitrogens with two attached hydrogens (primary N) is 1. The number of rotatable bonds is 5. The molecule has 3 nitrogen and oxygen atoms in total. The number of hydrogen-bond acceptors (Lipinski definition) is 4. The van der Waals surface area contributed by atoms with Gasteiger partial charge < -0.3 is 5.73 Å². The fraction of sp³-hybridized carbons (Fsp3) is 0.143. The summed E-state index contributed by atoms with van der Waals surface area (Å²) in [7, 11) is 0. The lowest BCUT2D eigenvalue weighted by atomic mass is 10.2. The van der Waals surface area contributed by atoms with Gasteiger partial charge in [0.15, 0.2) is 0 Å². The topological polar surface area (TPSA) is 62.8 Å². The van der Waals surface area contributed by atoms with Crippen molar-refractivity contribution in [1.82, 2.24) is 4.98 Å². The van der Waals surface area contributed by atoms with Gasteiger partial charge in [-0.05, 0) is 30.0 Å². The Morgan fingerprint density at radius 2 is 2.05 bits per heavy atom. The summed E-state index contributed by atoms with van der Waals surface area (Å²) in [5.74, 6) is 0.995. The Hall–Kier alpha value is -1.17. The molecule has 0 saturated heterocycles. The van der Waals surface area contributed by atoms with Crippen molar-refractivity contribution in [3.8, 4) is 0 Å². The van der Waals surface area contributed by atoms with Gasteiger partial charge in [0.25, 0.3) is 0 Å². The predicted molar refractivity (Wildman–Crippen MR) is 87.2 cm³/mol. The molecule has 0 radical (unpaired) electrons. The van der Waals surface area contributed by atoms with E-state index in [-0.39, 0.29) is 5.84 Å². The molecule has 0 atom stereocenters. The highest BCUT2D eigenvalue weighted by Gasteiger charge is 2.14. The van der Waals surface area contributed by atoms with Crippen LogP contribution in [0, 0.1) is 5.41 Å². The molecule has 0 bridgehead atoms. The molecule has 0 fully saturated rings. The van der Waals surface area contributed by atoms with E-state index < -0.39 is 0 Å². The Morgan fingerprint density at radius 3 is 2.70 bits per heavy atom. The van der Waals surface area contributed by atoms with Gasteiger partial charge in [0.2, 0.25) is 0 Å². The molecule has 2 aromatic rings. The standard InChI is InChI=1S/C14H14ClN3S2/c1-2-19-10-6-3-7-11(12(10)13(16)17)20-14-9(15)5-4-8-18-14/h3-8H,2H2,1H3,(H3,16,17). The van der Waals surface area contributed by atoms with Gasteiger partial charge in [-0.15, -0.1) is 11.8 Å². The Labute approximate surface area is 131 Å². The van der Waals surface area contributed by atoms with Gasteiger partial charge in [-0.25, -0.2) is 4.98 Å². The number of hydrogen-bond donors (Lipinski definition) is 2. The molecule has 104 valence electrons. The summed E-state index contributed by atoms with van der Waals surface area (Å²) in [6, 6.07) is 9.47. The van der Waals surface area contributed by atoms with E-state index in [1.807, 2.05) is 18.2 Å². The van der Waals surface area contributed by atoms with Crippen molar-refractivity contribution in [2.24, 2.45) is 5.73 Å². The zero-order valence-electron chi connectivity index (χ0n) is 10.9. The van der Waals surface area contributed by atoms with E-state index in [4.69, 9.17) is 22.7 Å². The molecule has 0 saturated carbocycles. The summed E-state index contributed by atoms with van der Waals surface area (Å²) in [6.07, 6.45) is 1.70. The highest BCUT2D eigenvalue weighted by molar-refractivity contribution is 8.00. The highest BCUT2D eigenvalue weighted by Crippen LogP contribution is 2.36. The Kier molecular flexibility index (Phi) is 5.34. The molecule has 1 heterocycles. The van der Waals surface area contributed by atoms with E-state index in [1.54, 1.807) is 30.1 Å².